The van der Waals surface area contributed by atoms with Gasteiger partial charge in [0.25, 0.3) is 11.1 Å². The lowest BCUT2D eigenvalue weighted by Gasteiger charge is -2.11. The van der Waals surface area contributed by atoms with Crippen LogP contribution < -0.4 is 20.1 Å². The first kappa shape index (κ1) is 20.6. The molecule has 0 aliphatic carbocycles. The average Bonchev–Trinajstić information content (AvgIpc) is 3.08. The van der Waals surface area contributed by atoms with Crippen LogP contribution in [0.15, 0.2) is 27.8 Å². The molecule has 3 amide bonds. The van der Waals surface area contributed by atoms with Gasteiger partial charge in [0.2, 0.25) is 5.91 Å². The monoisotopic (exact) mass is 394 g/mol. The van der Waals surface area contributed by atoms with E-state index in [-0.39, 0.29) is 17.2 Å². The molecule has 0 fully saturated rings. The Morgan fingerprint density at radius 2 is 1.89 bits per heavy atom. The molecule has 0 saturated heterocycles. The lowest BCUT2D eigenvalue weighted by Crippen LogP contribution is -2.45. The lowest BCUT2D eigenvalue weighted by atomic mass is 10.2. The van der Waals surface area contributed by atoms with E-state index in [1.807, 2.05) is 0 Å². The largest absolute Gasteiger partial charge is 0.497 e. The molecule has 1 atom stereocenters. The zero-order valence-electron chi connectivity index (χ0n) is 15.7. The average molecular weight is 394 g/mol. The first-order valence-corrected chi connectivity index (χ1v) is 9.06. The summed E-state index contributed by atoms with van der Waals surface area (Å²) in [7, 11) is 3.09. The molecule has 2 N–H and O–H groups in total. The number of imide groups is 1. The van der Waals surface area contributed by atoms with Crippen LogP contribution in [0.3, 0.4) is 0 Å². The number of hydrogen-bond donors (Lipinski definition) is 2. The molecule has 10 heteroatoms. The van der Waals surface area contributed by atoms with E-state index in [9.17, 15) is 9.59 Å². The second-order valence-corrected chi connectivity index (χ2v) is 7.11. The number of benzene rings is 1. The summed E-state index contributed by atoms with van der Waals surface area (Å²) < 4.78 is 16.1. The molecule has 2 rings (SSSR count). The molecule has 2 aromatic rings. The van der Waals surface area contributed by atoms with Gasteiger partial charge in [0.1, 0.15) is 11.5 Å². The Balaban J connectivity index is 2.05. The van der Waals surface area contributed by atoms with E-state index >= 15 is 0 Å². The van der Waals surface area contributed by atoms with E-state index < -0.39 is 17.2 Å². The van der Waals surface area contributed by atoms with Gasteiger partial charge in [-0.25, -0.2) is 4.79 Å². The smallest absolute Gasteiger partial charge is 0.321 e. The van der Waals surface area contributed by atoms with Crippen molar-refractivity contribution in [2.24, 2.45) is 0 Å². The number of carbonyl (C=O) groups excluding carboxylic acids is 2. The molecule has 0 aliphatic heterocycles. The van der Waals surface area contributed by atoms with Crippen LogP contribution in [0.4, 0.5) is 4.79 Å². The molecular weight excluding hydrogens is 372 g/mol. The molecule has 1 aromatic carbocycles. The number of nitrogens with zero attached hydrogens (tertiary/aromatic N) is 2. The lowest BCUT2D eigenvalue weighted by molar-refractivity contribution is -0.119. The number of carbonyl (C=O) groups is 2. The van der Waals surface area contributed by atoms with Crippen LogP contribution in [-0.2, 0) is 4.79 Å². The number of thioether (sulfide) groups is 1. The molecule has 0 aliphatic rings. The van der Waals surface area contributed by atoms with Gasteiger partial charge in [-0.1, -0.05) is 11.8 Å². The molecule has 27 heavy (non-hydrogen) atoms. The fourth-order valence-electron chi connectivity index (χ4n) is 2.06. The van der Waals surface area contributed by atoms with E-state index in [2.05, 4.69) is 20.8 Å². The number of urea groups is 1. The molecule has 0 bridgehead atoms. The molecule has 0 radical (unpaired) electrons. The van der Waals surface area contributed by atoms with Crippen molar-refractivity contribution in [2.45, 2.75) is 37.3 Å². The van der Waals surface area contributed by atoms with Crippen LogP contribution in [0.25, 0.3) is 11.5 Å². The van der Waals surface area contributed by atoms with E-state index in [0.29, 0.717) is 17.1 Å². The topological polar surface area (TPSA) is 116 Å². The first-order valence-electron chi connectivity index (χ1n) is 8.18. The van der Waals surface area contributed by atoms with Crippen LogP contribution in [0.5, 0.6) is 11.5 Å². The Morgan fingerprint density at radius 3 is 2.52 bits per heavy atom. The summed E-state index contributed by atoms with van der Waals surface area (Å²) in [5.74, 6) is 0.947. The van der Waals surface area contributed by atoms with Crippen LogP contribution in [-0.4, -0.2) is 47.6 Å². The molecule has 1 heterocycles. The molecule has 0 spiro atoms. The Morgan fingerprint density at radius 1 is 1.15 bits per heavy atom. The molecule has 0 saturated carbocycles. The van der Waals surface area contributed by atoms with Crippen LogP contribution in [0.2, 0.25) is 0 Å². The minimum absolute atomic E-state index is 0.0706. The zero-order chi connectivity index (χ0) is 20.0. The fraction of sp³-hybridized carbons (Fsp3) is 0.412. The Labute approximate surface area is 161 Å². The van der Waals surface area contributed by atoms with Crippen LogP contribution in [0.1, 0.15) is 20.8 Å². The maximum absolute atomic E-state index is 12.1. The van der Waals surface area contributed by atoms with Crippen LogP contribution >= 0.6 is 11.8 Å². The van der Waals surface area contributed by atoms with E-state index in [1.165, 1.54) is 7.11 Å². The third kappa shape index (κ3) is 5.61. The van der Waals surface area contributed by atoms with Crippen molar-refractivity contribution >= 4 is 23.7 Å². The summed E-state index contributed by atoms with van der Waals surface area (Å²) in [6, 6.07) is 4.58. The Hall–Kier alpha value is -2.75. The highest BCUT2D eigenvalue weighted by atomic mass is 32.2. The highest BCUT2D eigenvalue weighted by Crippen LogP contribution is 2.34. The highest BCUT2D eigenvalue weighted by Gasteiger charge is 2.21. The second-order valence-electron chi connectivity index (χ2n) is 5.82. The molecule has 1 aromatic heterocycles. The SMILES string of the molecule is COc1ccc(-c2nnc(S[C@@H](C)C(=O)NC(=O)NC(C)C)o2)c(OC)c1. The Bertz CT molecular complexity index is 808. The van der Waals surface area contributed by atoms with Gasteiger partial charge < -0.3 is 19.2 Å². The van der Waals surface area contributed by atoms with E-state index in [0.717, 1.165) is 11.8 Å². The summed E-state index contributed by atoms with van der Waals surface area (Å²) in [5.41, 5.74) is 0.603. The van der Waals surface area contributed by atoms with Gasteiger partial charge in [-0.05, 0) is 32.9 Å². The van der Waals surface area contributed by atoms with Gasteiger partial charge in [0, 0.05) is 12.1 Å². The third-order valence-electron chi connectivity index (χ3n) is 3.35. The van der Waals surface area contributed by atoms with Gasteiger partial charge in [-0.15, -0.1) is 10.2 Å². The third-order valence-corrected chi connectivity index (χ3v) is 4.28. The summed E-state index contributed by atoms with van der Waals surface area (Å²) in [5, 5.41) is 12.4. The zero-order valence-corrected chi connectivity index (χ0v) is 16.5. The van der Waals surface area contributed by atoms with Crippen molar-refractivity contribution in [1.29, 1.82) is 0 Å². The number of nitrogens with one attached hydrogen (secondary N) is 2. The van der Waals surface area contributed by atoms with Gasteiger partial charge >= 0.3 is 6.03 Å². The standard InChI is InChI=1S/C17H22N4O5S/c1-9(2)18-16(23)19-14(22)10(3)27-17-21-20-15(26-17)12-7-6-11(24-4)8-13(12)25-5/h6-10H,1-5H3,(H2,18,19,22,23)/t10-/m0/s1. The normalized spacial score (nSPS) is 11.8. The van der Waals surface area contributed by atoms with Gasteiger partial charge in [-0.2, -0.15) is 0 Å². The molecular formula is C17H22N4O5S. The van der Waals surface area contributed by atoms with Crippen molar-refractivity contribution < 1.29 is 23.5 Å². The van der Waals surface area contributed by atoms with Crippen molar-refractivity contribution in [3.8, 4) is 23.0 Å². The minimum atomic E-state index is -0.603. The molecule has 146 valence electrons. The number of amides is 3. The predicted octanol–water partition coefficient (Wildman–Crippen LogP) is 2.47. The fourth-order valence-corrected chi connectivity index (χ4v) is 2.74. The van der Waals surface area contributed by atoms with Crippen LogP contribution in [0, 0.1) is 0 Å². The predicted molar refractivity (Wildman–Crippen MR) is 100.0 cm³/mol. The Kier molecular flexibility index (Phi) is 7.05. The van der Waals surface area contributed by atoms with E-state index in [1.54, 1.807) is 46.1 Å². The quantitative estimate of drug-likeness (QED) is 0.688. The van der Waals surface area contributed by atoms with Crippen molar-refractivity contribution in [3.63, 3.8) is 0 Å². The van der Waals surface area contributed by atoms with Gasteiger partial charge in [0.05, 0.1) is 25.0 Å². The summed E-state index contributed by atoms with van der Waals surface area (Å²) >= 11 is 1.05. The van der Waals surface area contributed by atoms with Crippen molar-refractivity contribution in [2.75, 3.05) is 14.2 Å². The van der Waals surface area contributed by atoms with Gasteiger partial charge in [-0.3, -0.25) is 10.1 Å². The summed E-state index contributed by atoms with van der Waals surface area (Å²) in [4.78, 5) is 23.7. The van der Waals surface area contributed by atoms with E-state index in [4.69, 9.17) is 13.9 Å². The first-order chi connectivity index (χ1) is 12.8. The van der Waals surface area contributed by atoms with Gasteiger partial charge in [0.15, 0.2) is 0 Å². The maximum atomic E-state index is 12.1. The van der Waals surface area contributed by atoms with Crippen molar-refractivity contribution in [3.05, 3.63) is 18.2 Å². The number of hydrogen-bond acceptors (Lipinski definition) is 8. The maximum Gasteiger partial charge on any atom is 0.321 e. The number of ether oxygens (including phenoxy) is 2. The second kappa shape index (κ2) is 9.26. The number of methoxy groups -OCH3 is 2. The number of aromatic nitrogens is 2. The van der Waals surface area contributed by atoms with Crippen molar-refractivity contribution in [1.82, 2.24) is 20.8 Å². The molecule has 0 unspecified atom stereocenters. The number of rotatable bonds is 7. The summed E-state index contributed by atoms with van der Waals surface area (Å²) in [6.07, 6.45) is 0. The highest BCUT2D eigenvalue weighted by molar-refractivity contribution is 8.00. The minimum Gasteiger partial charge on any atom is -0.497 e. The summed E-state index contributed by atoms with van der Waals surface area (Å²) in [6.45, 7) is 5.24. The molecule has 9 nitrogen and oxygen atoms in total.